The molecule has 1 unspecified atom stereocenters. The number of hydrogen-bond donors (Lipinski definition) is 2. The third-order valence-corrected chi connectivity index (χ3v) is 7.82. The number of urea groups is 1. The Balaban J connectivity index is 1.44. The van der Waals surface area contributed by atoms with Gasteiger partial charge in [-0.3, -0.25) is 9.69 Å². The van der Waals surface area contributed by atoms with Crippen molar-refractivity contribution in [1.82, 2.24) is 20.2 Å². The molecular formula is C24H25F2N5O3. The Labute approximate surface area is 195 Å². The summed E-state index contributed by atoms with van der Waals surface area (Å²) in [5.74, 6) is -3.08. The highest BCUT2D eigenvalue weighted by Crippen LogP contribution is 2.47. The van der Waals surface area contributed by atoms with E-state index >= 15 is 0 Å². The summed E-state index contributed by atoms with van der Waals surface area (Å²) in [5.41, 5.74) is 1.94. The van der Waals surface area contributed by atoms with Gasteiger partial charge in [-0.2, -0.15) is 8.78 Å². The van der Waals surface area contributed by atoms with Crippen molar-refractivity contribution in [3.8, 4) is 11.3 Å². The van der Waals surface area contributed by atoms with Crippen molar-refractivity contribution >= 4 is 17.9 Å². The summed E-state index contributed by atoms with van der Waals surface area (Å²) < 4.78 is 29.4. The van der Waals surface area contributed by atoms with Gasteiger partial charge < -0.3 is 15.3 Å². The van der Waals surface area contributed by atoms with Crippen molar-refractivity contribution in [3.05, 3.63) is 40.6 Å². The Morgan fingerprint density at radius 1 is 1.21 bits per heavy atom. The summed E-state index contributed by atoms with van der Waals surface area (Å²) in [6.07, 6.45) is 0.364. The van der Waals surface area contributed by atoms with Crippen LogP contribution >= 0.6 is 0 Å². The minimum atomic E-state index is -3.03. The predicted molar refractivity (Wildman–Crippen MR) is 118 cm³/mol. The molecule has 10 heteroatoms. The number of aliphatic hydroxyl groups is 1. The van der Waals surface area contributed by atoms with Crippen molar-refractivity contribution < 1.29 is 23.5 Å². The van der Waals surface area contributed by atoms with Crippen LogP contribution in [0.25, 0.3) is 11.3 Å². The summed E-state index contributed by atoms with van der Waals surface area (Å²) in [6.45, 7) is 4.17. The highest BCUT2D eigenvalue weighted by Gasteiger charge is 2.55. The zero-order valence-corrected chi connectivity index (χ0v) is 18.9. The lowest BCUT2D eigenvalue weighted by molar-refractivity contribution is -0.131. The van der Waals surface area contributed by atoms with Crippen molar-refractivity contribution in [2.45, 2.75) is 63.1 Å². The number of amides is 3. The molecule has 3 atom stereocenters. The second-order valence-corrected chi connectivity index (χ2v) is 9.62. The van der Waals surface area contributed by atoms with E-state index in [0.29, 0.717) is 42.8 Å². The summed E-state index contributed by atoms with van der Waals surface area (Å²) >= 11 is 0. The molecule has 6 rings (SSSR count). The van der Waals surface area contributed by atoms with Gasteiger partial charge >= 0.3 is 6.03 Å². The molecule has 2 N–H and O–H groups in total. The number of aliphatic hydroxyl groups excluding tert-OH is 1. The molecule has 178 valence electrons. The monoisotopic (exact) mass is 469 g/mol. The van der Waals surface area contributed by atoms with E-state index in [2.05, 4.69) is 15.3 Å². The van der Waals surface area contributed by atoms with E-state index in [1.165, 1.54) is 4.90 Å². The number of fused-ring (bicyclic) bond motifs is 3. The number of aryl methyl sites for hydroxylation is 1. The van der Waals surface area contributed by atoms with Crippen molar-refractivity contribution in [3.63, 3.8) is 0 Å². The lowest BCUT2D eigenvalue weighted by atomic mass is 9.90. The van der Waals surface area contributed by atoms with Crippen LogP contribution in [0.15, 0.2) is 18.2 Å². The van der Waals surface area contributed by atoms with Crippen LogP contribution < -0.4 is 10.2 Å². The first-order valence-corrected chi connectivity index (χ1v) is 11.7. The first-order valence-electron chi connectivity index (χ1n) is 11.7. The van der Waals surface area contributed by atoms with Crippen LogP contribution in [-0.4, -0.2) is 57.1 Å². The van der Waals surface area contributed by atoms with Crippen LogP contribution in [0.4, 0.5) is 19.5 Å². The Hall–Kier alpha value is -3.14. The van der Waals surface area contributed by atoms with E-state index in [1.807, 2.05) is 19.1 Å². The second-order valence-electron chi connectivity index (χ2n) is 9.62. The number of carbonyl (C=O) groups excluding carboxylic acids is 2. The third-order valence-electron chi connectivity index (χ3n) is 7.82. The number of imide groups is 1. The first kappa shape index (κ1) is 21.4. The van der Waals surface area contributed by atoms with E-state index in [4.69, 9.17) is 0 Å². The Kier molecular flexibility index (Phi) is 4.37. The quantitative estimate of drug-likeness (QED) is 0.671. The van der Waals surface area contributed by atoms with Gasteiger partial charge in [0.25, 0.3) is 11.8 Å². The molecular weight excluding hydrogens is 444 g/mol. The van der Waals surface area contributed by atoms with Gasteiger partial charge in [0.2, 0.25) is 5.95 Å². The highest BCUT2D eigenvalue weighted by molar-refractivity contribution is 6.08. The number of benzene rings is 1. The summed E-state index contributed by atoms with van der Waals surface area (Å²) in [6, 6.07) is 4.86. The molecule has 0 bridgehead atoms. The fraction of sp³-hybridized carbons (Fsp3) is 0.500. The smallest absolute Gasteiger partial charge is 0.325 e. The van der Waals surface area contributed by atoms with Crippen molar-refractivity contribution in [1.29, 1.82) is 0 Å². The molecule has 2 fully saturated rings. The normalized spacial score (nSPS) is 28.9. The van der Waals surface area contributed by atoms with E-state index in [0.717, 1.165) is 11.1 Å². The first-order chi connectivity index (χ1) is 16.2. The summed E-state index contributed by atoms with van der Waals surface area (Å²) in [5, 5.41) is 12.8. The van der Waals surface area contributed by atoms with Gasteiger partial charge in [0.15, 0.2) is 0 Å². The van der Waals surface area contributed by atoms with Crippen LogP contribution in [0.5, 0.6) is 0 Å². The molecule has 2 saturated heterocycles. The Bertz CT molecular complexity index is 1250. The number of hydrogen-bond acceptors (Lipinski definition) is 6. The largest absolute Gasteiger partial charge is 0.389 e. The molecule has 4 aliphatic rings. The lowest BCUT2D eigenvalue weighted by Crippen LogP contribution is -2.59. The van der Waals surface area contributed by atoms with Crippen LogP contribution in [0.2, 0.25) is 0 Å². The number of likely N-dealkylation sites (N-methyl/N-ethyl adjacent to an activating group) is 1. The SMILES string of the molecule is CCN1C(=O)NC2(CCc3cc(-c4nc(N5C[C@@H](O)[C@@H]5C)nc5c4CCC5(F)F)ccc32)C1=O. The summed E-state index contributed by atoms with van der Waals surface area (Å²) in [7, 11) is 0. The zero-order chi connectivity index (χ0) is 24.0. The number of alkyl halides is 2. The van der Waals surface area contributed by atoms with Gasteiger partial charge in [-0.1, -0.05) is 12.1 Å². The summed E-state index contributed by atoms with van der Waals surface area (Å²) in [4.78, 5) is 37.2. The molecule has 2 aliphatic heterocycles. The van der Waals surface area contributed by atoms with Gasteiger partial charge in [-0.25, -0.2) is 14.8 Å². The Morgan fingerprint density at radius 2 is 2.00 bits per heavy atom. The van der Waals surface area contributed by atoms with E-state index in [1.54, 1.807) is 17.9 Å². The number of anilines is 1. The predicted octanol–water partition coefficient (Wildman–Crippen LogP) is 2.46. The number of carbonyl (C=O) groups is 2. The standard InChI is InChI=1S/C24H25F2N5O3/c1-3-30-20(33)23(29-22(30)34)8-6-13-10-14(4-5-16(13)23)18-15-7-9-24(25,26)19(15)28-21(27-18)31-11-17(32)12(31)2/h4-5,10,12,17,32H,3,6-9,11H2,1-2H3,(H,29,34)/t12-,17+,23?/m0/s1. The van der Waals surface area contributed by atoms with Crippen molar-refractivity contribution in [2.75, 3.05) is 18.0 Å². The number of nitrogens with zero attached hydrogens (tertiary/aromatic N) is 4. The molecule has 3 heterocycles. The topological polar surface area (TPSA) is 98.7 Å². The second kappa shape index (κ2) is 6.94. The molecule has 1 aromatic carbocycles. The van der Waals surface area contributed by atoms with Gasteiger partial charge in [-0.15, -0.1) is 0 Å². The average molecular weight is 469 g/mol. The number of β-amino-alcohol motifs (C(OH)–C–C–N with tert-alkyl or cyclic N) is 1. The fourth-order valence-corrected chi connectivity index (χ4v) is 5.72. The molecule has 34 heavy (non-hydrogen) atoms. The maximum absolute atomic E-state index is 14.7. The number of nitrogens with one attached hydrogen (secondary N) is 1. The van der Waals surface area contributed by atoms with Crippen LogP contribution in [0.3, 0.4) is 0 Å². The Morgan fingerprint density at radius 3 is 2.68 bits per heavy atom. The van der Waals surface area contributed by atoms with Gasteiger partial charge in [-0.05, 0) is 50.3 Å². The van der Waals surface area contributed by atoms with Crippen LogP contribution in [0.1, 0.15) is 49.1 Å². The maximum Gasteiger partial charge on any atom is 0.325 e. The maximum atomic E-state index is 14.7. The number of halogens is 2. The van der Waals surface area contributed by atoms with Crippen LogP contribution in [0, 0.1) is 0 Å². The van der Waals surface area contributed by atoms with Gasteiger partial charge in [0.1, 0.15) is 11.2 Å². The number of rotatable bonds is 3. The van der Waals surface area contributed by atoms with E-state index in [9.17, 15) is 23.5 Å². The molecule has 0 radical (unpaired) electrons. The third kappa shape index (κ3) is 2.71. The molecule has 2 aliphatic carbocycles. The minimum Gasteiger partial charge on any atom is -0.389 e. The number of aromatic nitrogens is 2. The molecule has 8 nitrogen and oxygen atoms in total. The van der Waals surface area contributed by atoms with Crippen molar-refractivity contribution in [2.24, 2.45) is 0 Å². The lowest BCUT2D eigenvalue weighted by Gasteiger charge is -2.43. The minimum absolute atomic E-state index is 0.178. The molecule has 1 aromatic heterocycles. The van der Waals surface area contributed by atoms with Gasteiger partial charge in [0.05, 0.1) is 17.8 Å². The van der Waals surface area contributed by atoms with E-state index in [-0.39, 0.29) is 36.4 Å². The molecule has 0 saturated carbocycles. The molecule has 3 amide bonds. The van der Waals surface area contributed by atoms with Gasteiger partial charge in [0, 0.05) is 30.6 Å². The fourth-order valence-electron chi connectivity index (χ4n) is 5.72. The zero-order valence-electron chi connectivity index (χ0n) is 18.9. The molecule has 1 spiro atoms. The molecule has 2 aromatic rings. The highest BCUT2D eigenvalue weighted by atomic mass is 19.3. The van der Waals surface area contributed by atoms with E-state index < -0.39 is 23.6 Å². The van der Waals surface area contributed by atoms with Crippen LogP contribution in [-0.2, 0) is 29.1 Å². The average Bonchev–Trinajstić information content (AvgIpc) is 3.42.